The number of hydrogen-bond acceptors (Lipinski definition) is 10. The number of benzene rings is 2. The zero-order valence-corrected chi connectivity index (χ0v) is 19.5. The monoisotopic (exact) mass is 478 g/mol. The van der Waals surface area contributed by atoms with Crippen LogP contribution in [0.25, 0.3) is 5.82 Å². The second-order valence-corrected chi connectivity index (χ2v) is 8.29. The number of nitrogen functional groups attached to an aromatic ring is 1. The number of aryl methyl sites for hydroxylation is 1. The number of aromatic nitrogens is 5. The number of hydrogen-bond donors (Lipinski definition) is 2. The molecule has 0 atom stereocenters. The van der Waals surface area contributed by atoms with Crippen molar-refractivity contribution in [3.8, 4) is 11.6 Å². The fourth-order valence-electron chi connectivity index (χ4n) is 2.99. The number of anilines is 1. The molecule has 2 heterocycles. The lowest BCUT2D eigenvalue weighted by Gasteiger charge is -2.07. The average Bonchev–Trinajstić information content (AvgIpc) is 3.47. The van der Waals surface area contributed by atoms with Gasteiger partial charge in [0, 0.05) is 10.6 Å². The highest BCUT2D eigenvalue weighted by Gasteiger charge is 2.24. The van der Waals surface area contributed by atoms with E-state index in [1.165, 1.54) is 16.4 Å². The molecule has 0 aliphatic carbocycles. The Bertz CT molecular complexity index is 1310. The van der Waals surface area contributed by atoms with E-state index in [1.54, 1.807) is 14.0 Å². The van der Waals surface area contributed by atoms with Gasteiger partial charge in [-0.25, -0.2) is 10.1 Å². The summed E-state index contributed by atoms with van der Waals surface area (Å²) in [5.41, 5.74) is 11.6. The molecular formula is C22H22N8O3S. The minimum absolute atomic E-state index is 0.0341. The maximum absolute atomic E-state index is 13.0. The number of nitrogens with two attached hydrogens (primary N) is 1. The number of methoxy groups -OCH3 is 1. The first-order chi connectivity index (χ1) is 16.5. The lowest BCUT2D eigenvalue weighted by molar-refractivity contribution is 0.0949. The number of nitrogens with one attached hydrogen (secondary N) is 1. The molecule has 34 heavy (non-hydrogen) atoms. The van der Waals surface area contributed by atoms with E-state index in [9.17, 15) is 4.79 Å². The van der Waals surface area contributed by atoms with Crippen molar-refractivity contribution >= 4 is 29.2 Å². The summed E-state index contributed by atoms with van der Waals surface area (Å²) in [6, 6.07) is 15.4. The standard InChI is InChI=1S/C22H22N8O3S/c1-13-4-10-17(11-5-13)34-12-18-19(25-29-30(18)21-20(23)27-33-28-21)22(31)26-24-14(2)15-6-8-16(32-3)9-7-15/h4-11H,12H2,1-3H3,(H2,23,27)(H,26,31)/b24-14+. The summed E-state index contributed by atoms with van der Waals surface area (Å²) in [5, 5.41) is 19.7. The molecule has 0 saturated heterocycles. The van der Waals surface area contributed by atoms with Crippen LogP contribution in [0.5, 0.6) is 5.75 Å². The molecule has 0 radical (unpaired) electrons. The van der Waals surface area contributed by atoms with Crippen LogP contribution in [0.15, 0.2) is 63.2 Å². The van der Waals surface area contributed by atoms with Gasteiger partial charge in [-0.2, -0.15) is 9.78 Å². The minimum Gasteiger partial charge on any atom is -0.497 e. The molecule has 0 fully saturated rings. The first kappa shape index (κ1) is 23.0. The number of nitrogens with zero attached hydrogens (tertiary/aromatic N) is 6. The molecule has 2 aromatic carbocycles. The summed E-state index contributed by atoms with van der Waals surface area (Å²) in [6.45, 7) is 3.81. The van der Waals surface area contributed by atoms with Gasteiger partial charge in [0.1, 0.15) is 5.75 Å². The van der Waals surface area contributed by atoms with Gasteiger partial charge in [0.25, 0.3) is 5.91 Å². The lowest BCUT2D eigenvalue weighted by atomic mass is 10.1. The van der Waals surface area contributed by atoms with Crippen LogP contribution in [-0.2, 0) is 5.75 Å². The van der Waals surface area contributed by atoms with Gasteiger partial charge in [-0.05, 0) is 66.1 Å². The Morgan fingerprint density at radius 2 is 1.91 bits per heavy atom. The zero-order chi connectivity index (χ0) is 24.1. The van der Waals surface area contributed by atoms with Crippen LogP contribution in [-0.4, -0.2) is 44.0 Å². The molecule has 0 saturated carbocycles. The third-order valence-electron chi connectivity index (χ3n) is 4.90. The van der Waals surface area contributed by atoms with Gasteiger partial charge in [0.15, 0.2) is 5.69 Å². The molecule has 0 aliphatic heterocycles. The van der Waals surface area contributed by atoms with Gasteiger partial charge in [0.05, 0.1) is 18.5 Å². The van der Waals surface area contributed by atoms with Crippen molar-refractivity contribution in [2.24, 2.45) is 5.10 Å². The van der Waals surface area contributed by atoms with Gasteiger partial charge >= 0.3 is 0 Å². The zero-order valence-electron chi connectivity index (χ0n) is 18.7. The Hall–Kier alpha value is -4.19. The Balaban J connectivity index is 1.58. The minimum atomic E-state index is -0.520. The second-order valence-electron chi connectivity index (χ2n) is 7.24. The maximum atomic E-state index is 13.0. The molecule has 4 rings (SSSR count). The Kier molecular flexibility index (Phi) is 6.87. The second kappa shape index (κ2) is 10.2. The van der Waals surface area contributed by atoms with Crippen molar-refractivity contribution in [3.63, 3.8) is 0 Å². The van der Waals surface area contributed by atoms with Crippen LogP contribution in [0.1, 0.15) is 34.2 Å². The highest BCUT2D eigenvalue weighted by molar-refractivity contribution is 7.98. The molecule has 11 nitrogen and oxygen atoms in total. The van der Waals surface area contributed by atoms with Crippen molar-refractivity contribution < 1.29 is 14.2 Å². The molecule has 0 bridgehead atoms. The maximum Gasteiger partial charge on any atom is 0.293 e. The molecule has 0 unspecified atom stereocenters. The van der Waals surface area contributed by atoms with Crippen molar-refractivity contribution in [2.75, 3.05) is 12.8 Å². The quantitative estimate of drug-likeness (QED) is 0.222. The number of carbonyl (C=O) groups excluding carboxylic acids is 1. The Morgan fingerprint density at radius 1 is 1.18 bits per heavy atom. The van der Waals surface area contributed by atoms with E-state index in [1.807, 2.05) is 55.5 Å². The predicted molar refractivity (Wildman–Crippen MR) is 127 cm³/mol. The summed E-state index contributed by atoms with van der Waals surface area (Å²) in [4.78, 5) is 14.0. The van der Waals surface area contributed by atoms with Crippen LogP contribution in [0.4, 0.5) is 5.82 Å². The van der Waals surface area contributed by atoms with Gasteiger partial charge < -0.3 is 10.5 Å². The number of ether oxygens (including phenoxy) is 1. The van der Waals surface area contributed by atoms with E-state index in [2.05, 4.69) is 31.2 Å². The van der Waals surface area contributed by atoms with Crippen LogP contribution >= 0.6 is 11.8 Å². The molecule has 174 valence electrons. The van der Waals surface area contributed by atoms with Crippen LogP contribution in [0.2, 0.25) is 0 Å². The van der Waals surface area contributed by atoms with E-state index in [0.717, 1.165) is 21.8 Å². The summed E-state index contributed by atoms with van der Waals surface area (Å²) in [7, 11) is 1.60. The molecule has 12 heteroatoms. The van der Waals surface area contributed by atoms with E-state index in [4.69, 9.17) is 15.1 Å². The van der Waals surface area contributed by atoms with Crippen LogP contribution in [0, 0.1) is 6.92 Å². The molecule has 3 N–H and O–H groups in total. The Morgan fingerprint density at radius 3 is 2.56 bits per heavy atom. The largest absolute Gasteiger partial charge is 0.497 e. The highest BCUT2D eigenvalue weighted by Crippen LogP contribution is 2.26. The van der Waals surface area contributed by atoms with E-state index < -0.39 is 5.91 Å². The summed E-state index contributed by atoms with van der Waals surface area (Å²) >= 11 is 1.51. The van der Waals surface area contributed by atoms with Crippen LogP contribution < -0.4 is 15.9 Å². The molecule has 0 aliphatic rings. The normalized spacial score (nSPS) is 11.4. The van der Waals surface area contributed by atoms with E-state index in [0.29, 0.717) is 17.2 Å². The van der Waals surface area contributed by atoms with Crippen LogP contribution in [0.3, 0.4) is 0 Å². The van der Waals surface area contributed by atoms with Gasteiger partial charge in [0.2, 0.25) is 11.6 Å². The molecular weight excluding hydrogens is 456 g/mol. The van der Waals surface area contributed by atoms with Gasteiger partial charge in [-0.1, -0.05) is 22.9 Å². The SMILES string of the molecule is COc1ccc(/C(C)=N/NC(=O)c2nnn(-c3nonc3N)c2CSc2ccc(C)cc2)cc1. The first-order valence-electron chi connectivity index (χ1n) is 10.2. The van der Waals surface area contributed by atoms with Crippen molar-refractivity contribution in [1.82, 2.24) is 30.7 Å². The smallest absolute Gasteiger partial charge is 0.293 e. The number of hydrazone groups is 1. The topological polar surface area (TPSA) is 146 Å². The fourth-order valence-corrected chi connectivity index (χ4v) is 3.88. The number of rotatable bonds is 8. The van der Waals surface area contributed by atoms with Crippen molar-refractivity contribution in [3.05, 3.63) is 71.0 Å². The number of thioether (sulfide) groups is 1. The van der Waals surface area contributed by atoms with Crippen molar-refractivity contribution in [1.29, 1.82) is 0 Å². The third-order valence-corrected chi connectivity index (χ3v) is 5.93. The Labute approximate surface area is 199 Å². The van der Waals surface area contributed by atoms with Crippen molar-refractivity contribution in [2.45, 2.75) is 24.5 Å². The molecule has 2 aromatic heterocycles. The van der Waals surface area contributed by atoms with Gasteiger partial charge in [-0.15, -0.1) is 16.9 Å². The summed E-state index contributed by atoms with van der Waals surface area (Å²) in [6.07, 6.45) is 0. The number of amides is 1. The fraction of sp³-hybridized carbons (Fsp3) is 0.182. The molecule has 1 amide bonds. The number of carbonyl (C=O) groups is 1. The van der Waals surface area contributed by atoms with E-state index >= 15 is 0 Å². The highest BCUT2D eigenvalue weighted by atomic mass is 32.2. The third kappa shape index (κ3) is 5.07. The summed E-state index contributed by atoms with van der Waals surface area (Å²) in [5.74, 6) is 0.769. The predicted octanol–water partition coefficient (Wildman–Crippen LogP) is 3.00. The molecule has 0 spiro atoms. The first-order valence-corrected chi connectivity index (χ1v) is 11.2. The molecule has 4 aromatic rings. The van der Waals surface area contributed by atoms with E-state index in [-0.39, 0.29) is 17.3 Å². The summed E-state index contributed by atoms with van der Waals surface area (Å²) < 4.78 is 11.2. The average molecular weight is 479 g/mol. The lowest BCUT2D eigenvalue weighted by Crippen LogP contribution is -2.21. The van der Waals surface area contributed by atoms with Gasteiger partial charge in [-0.3, -0.25) is 4.79 Å².